The van der Waals surface area contributed by atoms with Crippen molar-refractivity contribution in [1.82, 2.24) is 4.90 Å². The van der Waals surface area contributed by atoms with Crippen LogP contribution in [0.2, 0.25) is 0 Å². The molecule has 1 aliphatic rings. The summed E-state index contributed by atoms with van der Waals surface area (Å²) in [6, 6.07) is 14.5. The maximum atomic E-state index is 12.1. The Hall–Kier alpha value is -2.13. The van der Waals surface area contributed by atoms with Gasteiger partial charge in [0.25, 0.3) is 5.91 Å². The van der Waals surface area contributed by atoms with E-state index in [9.17, 15) is 9.90 Å². The monoisotopic (exact) mass is 281 g/mol. The van der Waals surface area contributed by atoms with E-state index < -0.39 is 5.60 Å². The molecule has 1 N–H and O–H groups in total. The molecule has 2 aromatic rings. The lowest BCUT2D eigenvalue weighted by atomic mass is 9.99. The summed E-state index contributed by atoms with van der Waals surface area (Å²) in [5.74, 6) is -0.228. The van der Waals surface area contributed by atoms with Crippen LogP contribution in [-0.4, -0.2) is 34.6 Å². The van der Waals surface area contributed by atoms with Gasteiger partial charge in [-0.25, -0.2) is 0 Å². The molecule has 0 fully saturated rings. The predicted molar refractivity (Wildman–Crippen MR) is 84.8 cm³/mol. The van der Waals surface area contributed by atoms with E-state index in [0.717, 1.165) is 5.57 Å². The zero-order valence-electron chi connectivity index (χ0n) is 12.3. The Bertz CT molecular complexity index is 720. The van der Waals surface area contributed by atoms with E-state index in [2.05, 4.69) is 30.3 Å². The van der Waals surface area contributed by atoms with Gasteiger partial charge in [0.15, 0.2) is 0 Å². The van der Waals surface area contributed by atoms with Crippen LogP contribution in [-0.2, 0) is 4.79 Å². The molecule has 0 aromatic heterocycles. The number of rotatable bonds is 2. The molecule has 21 heavy (non-hydrogen) atoms. The van der Waals surface area contributed by atoms with Crippen LogP contribution in [0.1, 0.15) is 19.4 Å². The first-order valence-corrected chi connectivity index (χ1v) is 7.16. The smallest absolute Gasteiger partial charge is 0.254 e. The molecule has 0 radical (unpaired) electrons. The molecule has 0 bridgehead atoms. The molecular weight excluding hydrogens is 262 g/mol. The Morgan fingerprint density at radius 3 is 2.62 bits per heavy atom. The molecule has 3 nitrogen and oxygen atoms in total. The van der Waals surface area contributed by atoms with Crippen LogP contribution in [0.3, 0.4) is 0 Å². The Balaban J connectivity index is 1.91. The Morgan fingerprint density at radius 2 is 1.86 bits per heavy atom. The fourth-order valence-electron chi connectivity index (χ4n) is 2.80. The van der Waals surface area contributed by atoms with Crippen molar-refractivity contribution in [1.29, 1.82) is 0 Å². The Morgan fingerprint density at radius 1 is 1.14 bits per heavy atom. The second-order valence-electron chi connectivity index (χ2n) is 6.00. The Labute approximate surface area is 124 Å². The molecule has 0 saturated heterocycles. The van der Waals surface area contributed by atoms with Gasteiger partial charge in [-0.15, -0.1) is 0 Å². The number of carbonyl (C=O) groups is 1. The number of aliphatic hydroxyl groups is 1. The molecule has 3 heteroatoms. The lowest BCUT2D eigenvalue weighted by Crippen LogP contribution is -2.44. The second-order valence-corrected chi connectivity index (χ2v) is 6.00. The first-order chi connectivity index (χ1) is 9.97. The largest absolute Gasteiger partial charge is 0.381 e. The fourth-order valence-corrected chi connectivity index (χ4v) is 2.80. The zero-order valence-corrected chi connectivity index (χ0v) is 12.3. The number of fused-ring (bicyclic) bond motifs is 1. The fraction of sp³-hybridized carbons (Fsp3) is 0.278. The summed E-state index contributed by atoms with van der Waals surface area (Å²) in [6.45, 7) is 4.18. The molecule has 0 aliphatic carbocycles. The van der Waals surface area contributed by atoms with Crippen molar-refractivity contribution < 1.29 is 9.90 Å². The summed E-state index contributed by atoms with van der Waals surface area (Å²) in [4.78, 5) is 13.8. The highest BCUT2D eigenvalue weighted by Crippen LogP contribution is 2.29. The average Bonchev–Trinajstić information content (AvgIpc) is 2.94. The van der Waals surface area contributed by atoms with Crippen LogP contribution in [0.5, 0.6) is 0 Å². The number of benzene rings is 2. The quantitative estimate of drug-likeness (QED) is 0.919. The van der Waals surface area contributed by atoms with Gasteiger partial charge < -0.3 is 10.0 Å². The van der Waals surface area contributed by atoms with Gasteiger partial charge in [-0.2, -0.15) is 0 Å². The lowest BCUT2D eigenvalue weighted by molar-refractivity contribution is -0.146. The number of nitrogens with zero attached hydrogens (tertiary/aromatic N) is 1. The van der Waals surface area contributed by atoms with Crippen molar-refractivity contribution in [2.45, 2.75) is 19.4 Å². The number of carbonyl (C=O) groups excluding carboxylic acids is 1. The molecule has 0 unspecified atom stereocenters. The van der Waals surface area contributed by atoms with Gasteiger partial charge in [0.1, 0.15) is 5.60 Å². The number of hydrogen-bond donors (Lipinski definition) is 1. The third-order valence-electron chi connectivity index (χ3n) is 3.87. The summed E-state index contributed by atoms with van der Waals surface area (Å²) in [7, 11) is 0. The SMILES string of the molecule is CC(C)(O)C(=O)N1CC=C(c2cccc3ccccc23)C1. The molecule has 1 heterocycles. The van der Waals surface area contributed by atoms with E-state index in [1.807, 2.05) is 18.2 Å². The van der Waals surface area contributed by atoms with Crippen molar-refractivity contribution in [3.05, 3.63) is 54.1 Å². The molecule has 3 rings (SSSR count). The minimum atomic E-state index is -1.32. The summed E-state index contributed by atoms with van der Waals surface area (Å²) < 4.78 is 0. The highest BCUT2D eigenvalue weighted by atomic mass is 16.3. The van der Waals surface area contributed by atoms with Crippen molar-refractivity contribution in [2.24, 2.45) is 0 Å². The molecule has 108 valence electrons. The van der Waals surface area contributed by atoms with E-state index >= 15 is 0 Å². The highest BCUT2D eigenvalue weighted by molar-refractivity contribution is 5.96. The van der Waals surface area contributed by atoms with Crippen LogP contribution in [0, 0.1) is 0 Å². The first kappa shape index (κ1) is 13.8. The molecule has 0 saturated carbocycles. The highest BCUT2D eigenvalue weighted by Gasteiger charge is 2.31. The maximum absolute atomic E-state index is 12.1. The van der Waals surface area contributed by atoms with E-state index in [4.69, 9.17) is 0 Å². The van der Waals surface area contributed by atoms with Gasteiger partial charge in [-0.05, 0) is 35.8 Å². The van der Waals surface area contributed by atoms with Crippen LogP contribution >= 0.6 is 0 Å². The van der Waals surface area contributed by atoms with E-state index in [1.165, 1.54) is 30.2 Å². The molecule has 0 spiro atoms. The molecule has 1 aliphatic heterocycles. The van der Waals surface area contributed by atoms with E-state index in [0.29, 0.717) is 13.1 Å². The summed E-state index contributed by atoms with van der Waals surface area (Å²) in [5.41, 5.74) is 0.991. The normalized spacial score (nSPS) is 15.4. The van der Waals surface area contributed by atoms with Crippen LogP contribution in [0.25, 0.3) is 16.3 Å². The number of amides is 1. The second kappa shape index (κ2) is 5.01. The maximum Gasteiger partial charge on any atom is 0.254 e. The lowest BCUT2D eigenvalue weighted by Gasteiger charge is -2.24. The van der Waals surface area contributed by atoms with Crippen LogP contribution < -0.4 is 0 Å². The van der Waals surface area contributed by atoms with Crippen molar-refractivity contribution in [3.63, 3.8) is 0 Å². The van der Waals surface area contributed by atoms with E-state index in [-0.39, 0.29) is 5.91 Å². The van der Waals surface area contributed by atoms with Gasteiger partial charge in [0.2, 0.25) is 0 Å². The van der Waals surface area contributed by atoms with Crippen LogP contribution in [0.4, 0.5) is 0 Å². The van der Waals surface area contributed by atoms with Crippen LogP contribution in [0.15, 0.2) is 48.5 Å². The van der Waals surface area contributed by atoms with Crippen molar-refractivity contribution in [2.75, 3.05) is 13.1 Å². The third kappa shape index (κ3) is 2.57. The molecule has 1 amide bonds. The summed E-state index contributed by atoms with van der Waals surface area (Å²) in [6.07, 6.45) is 2.07. The van der Waals surface area contributed by atoms with Crippen molar-refractivity contribution >= 4 is 22.3 Å². The minimum absolute atomic E-state index is 0.228. The third-order valence-corrected chi connectivity index (χ3v) is 3.87. The van der Waals surface area contributed by atoms with Gasteiger partial charge in [-0.3, -0.25) is 4.79 Å². The zero-order chi connectivity index (χ0) is 15.0. The predicted octanol–water partition coefficient (Wildman–Crippen LogP) is 2.84. The summed E-state index contributed by atoms with van der Waals surface area (Å²) >= 11 is 0. The first-order valence-electron chi connectivity index (χ1n) is 7.16. The minimum Gasteiger partial charge on any atom is -0.381 e. The van der Waals surface area contributed by atoms with Crippen molar-refractivity contribution in [3.8, 4) is 0 Å². The van der Waals surface area contributed by atoms with Gasteiger partial charge in [-0.1, -0.05) is 48.5 Å². The topological polar surface area (TPSA) is 40.5 Å². The standard InChI is InChI=1S/C18H19NO2/c1-18(2,21)17(20)19-11-10-14(12-19)16-9-5-7-13-6-3-4-8-15(13)16/h3-10,21H,11-12H2,1-2H3. The average molecular weight is 281 g/mol. The van der Waals surface area contributed by atoms with E-state index in [1.54, 1.807) is 4.90 Å². The molecular formula is C18H19NO2. The molecule has 2 aromatic carbocycles. The molecule has 0 atom stereocenters. The number of hydrogen-bond acceptors (Lipinski definition) is 2. The van der Waals surface area contributed by atoms with Gasteiger partial charge in [0.05, 0.1) is 0 Å². The summed E-state index contributed by atoms with van der Waals surface area (Å²) in [5, 5.41) is 12.3. The Kier molecular flexibility index (Phi) is 3.30. The van der Waals surface area contributed by atoms with Gasteiger partial charge >= 0.3 is 0 Å². The van der Waals surface area contributed by atoms with Gasteiger partial charge in [0, 0.05) is 13.1 Å².